The Morgan fingerprint density at radius 1 is 1.24 bits per heavy atom. The van der Waals surface area contributed by atoms with Crippen molar-refractivity contribution in [1.29, 1.82) is 0 Å². The number of carbonyl (C=O) groups excluding carboxylic acids is 1. The molecule has 0 aliphatic heterocycles. The number of amides is 1. The molecule has 0 heterocycles. The normalized spacial score (nSPS) is 11.6. The molecule has 0 aliphatic carbocycles. The van der Waals surface area contributed by atoms with Crippen LogP contribution in [-0.4, -0.2) is 37.2 Å². The lowest BCUT2D eigenvalue weighted by atomic mass is 10.1. The van der Waals surface area contributed by atoms with Crippen LogP contribution in [0.4, 0.5) is 0 Å². The SMILES string of the molecule is CCC(CC(=O)O)NC(=O)Cc1ccc(OC)c(OC)c1. The molecule has 1 rings (SSSR count). The van der Waals surface area contributed by atoms with Gasteiger partial charge in [-0.05, 0) is 24.1 Å². The van der Waals surface area contributed by atoms with Crippen molar-refractivity contribution in [3.63, 3.8) is 0 Å². The van der Waals surface area contributed by atoms with Crippen molar-refractivity contribution in [3.8, 4) is 11.5 Å². The number of carboxylic acid groups (broad SMARTS) is 1. The van der Waals surface area contributed by atoms with Gasteiger partial charge < -0.3 is 19.9 Å². The molecule has 0 spiro atoms. The summed E-state index contributed by atoms with van der Waals surface area (Å²) in [6.45, 7) is 1.84. The van der Waals surface area contributed by atoms with Crippen molar-refractivity contribution < 1.29 is 24.2 Å². The van der Waals surface area contributed by atoms with Crippen LogP contribution in [0.25, 0.3) is 0 Å². The first-order valence-electron chi connectivity index (χ1n) is 6.72. The summed E-state index contributed by atoms with van der Waals surface area (Å²) < 4.78 is 10.3. The summed E-state index contributed by atoms with van der Waals surface area (Å²) in [4.78, 5) is 22.6. The molecule has 0 aliphatic rings. The van der Waals surface area contributed by atoms with E-state index in [9.17, 15) is 9.59 Å². The minimum Gasteiger partial charge on any atom is -0.493 e. The van der Waals surface area contributed by atoms with Crippen molar-refractivity contribution in [2.45, 2.75) is 32.2 Å². The molecule has 0 fully saturated rings. The molecular weight excluding hydrogens is 274 g/mol. The number of carbonyl (C=O) groups is 2. The molecule has 0 aromatic heterocycles. The summed E-state index contributed by atoms with van der Waals surface area (Å²) in [6, 6.07) is 4.89. The van der Waals surface area contributed by atoms with Crippen molar-refractivity contribution in [1.82, 2.24) is 5.32 Å². The molecule has 1 aromatic carbocycles. The Hall–Kier alpha value is -2.24. The van der Waals surface area contributed by atoms with E-state index in [0.29, 0.717) is 17.9 Å². The van der Waals surface area contributed by atoms with Gasteiger partial charge in [-0.15, -0.1) is 0 Å². The Balaban J connectivity index is 2.67. The van der Waals surface area contributed by atoms with Gasteiger partial charge in [-0.3, -0.25) is 9.59 Å². The first kappa shape index (κ1) is 16.8. The van der Waals surface area contributed by atoms with Crippen molar-refractivity contribution in [2.24, 2.45) is 0 Å². The van der Waals surface area contributed by atoms with E-state index in [1.807, 2.05) is 6.92 Å². The van der Waals surface area contributed by atoms with Gasteiger partial charge in [0.2, 0.25) is 5.91 Å². The first-order valence-corrected chi connectivity index (χ1v) is 6.72. The van der Waals surface area contributed by atoms with Crippen LogP contribution in [0.1, 0.15) is 25.3 Å². The number of rotatable bonds is 8. The fourth-order valence-corrected chi connectivity index (χ4v) is 1.96. The Labute approximate surface area is 124 Å². The minimum atomic E-state index is -0.923. The van der Waals surface area contributed by atoms with Gasteiger partial charge in [0.15, 0.2) is 11.5 Å². The van der Waals surface area contributed by atoms with Gasteiger partial charge in [0.1, 0.15) is 0 Å². The summed E-state index contributed by atoms with van der Waals surface area (Å²) in [6.07, 6.45) is 0.661. The van der Waals surface area contributed by atoms with Gasteiger partial charge in [-0.25, -0.2) is 0 Å². The minimum absolute atomic E-state index is 0.0752. The van der Waals surface area contributed by atoms with Crippen molar-refractivity contribution in [3.05, 3.63) is 23.8 Å². The smallest absolute Gasteiger partial charge is 0.305 e. The fourth-order valence-electron chi connectivity index (χ4n) is 1.96. The molecule has 6 heteroatoms. The molecule has 1 amide bonds. The quantitative estimate of drug-likeness (QED) is 0.761. The summed E-state index contributed by atoms with van der Waals surface area (Å²) in [5, 5.41) is 11.5. The van der Waals surface area contributed by atoms with Gasteiger partial charge in [-0.1, -0.05) is 13.0 Å². The first-order chi connectivity index (χ1) is 9.99. The average molecular weight is 295 g/mol. The van der Waals surface area contributed by atoms with Crippen LogP contribution in [-0.2, 0) is 16.0 Å². The number of aliphatic carboxylic acids is 1. The zero-order valence-electron chi connectivity index (χ0n) is 12.5. The molecule has 1 aromatic rings. The van der Waals surface area contributed by atoms with E-state index in [1.165, 1.54) is 7.11 Å². The highest BCUT2D eigenvalue weighted by Crippen LogP contribution is 2.27. The molecule has 0 saturated carbocycles. The highest BCUT2D eigenvalue weighted by atomic mass is 16.5. The summed E-state index contributed by atoms with van der Waals surface area (Å²) >= 11 is 0. The van der Waals surface area contributed by atoms with Crippen LogP contribution in [0.15, 0.2) is 18.2 Å². The summed E-state index contributed by atoms with van der Waals surface area (Å²) in [5.41, 5.74) is 0.773. The van der Waals surface area contributed by atoms with E-state index in [4.69, 9.17) is 14.6 Å². The Morgan fingerprint density at radius 2 is 1.90 bits per heavy atom. The molecule has 6 nitrogen and oxygen atoms in total. The van der Waals surface area contributed by atoms with Gasteiger partial charge >= 0.3 is 5.97 Å². The number of hydrogen-bond donors (Lipinski definition) is 2. The molecular formula is C15H21NO5. The van der Waals surface area contributed by atoms with E-state index < -0.39 is 5.97 Å². The van der Waals surface area contributed by atoms with Crippen molar-refractivity contribution >= 4 is 11.9 Å². The predicted octanol–water partition coefficient (Wildman–Crippen LogP) is 1.62. The van der Waals surface area contributed by atoms with E-state index in [-0.39, 0.29) is 24.8 Å². The fraction of sp³-hybridized carbons (Fsp3) is 0.467. The Morgan fingerprint density at radius 3 is 2.43 bits per heavy atom. The molecule has 1 unspecified atom stereocenters. The van der Waals surface area contributed by atoms with Crippen LogP contribution in [0.3, 0.4) is 0 Å². The number of methoxy groups -OCH3 is 2. The second-order valence-corrected chi connectivity index (χ2v) is 4.64. The van der Waals surface area contributed by atoms with Crippen LogP contribution in [0, 0.1) is 0 Å². The van der Waals surface area contributed by atoms with Crippen LogP contribution in [0.2, 0.25) is 0 Å². The Bertz CT molecular complexity index is 501. The second-order valence-electron chi connectivity index (χ2n) is 4.64. The van der Waals surface area contributed by atoms with Crippen molar-refractivity contribution in [2.75, 3.05) is 14.2 Å². The maximum Gasteiger partial charge on any atom is 0.305 e. The number of carboxylic acids is 1. The monoisotopic (exact) mass is 295 g/mol. The third-order valence-corrected chi connectivity index (χ3v) is 3.09. The van der Waals surface area contributed by atoms with Crippen LogP contribution < -0.4 is 14.8 Å². The lowest BCUT2D eigenvalue weighted by Gasteiger charge is -2.15. The molecule has 21 heavy (non-hydrogen) atoms. The number of benzene rings is 1. The highest BCUT2D eigenvalue weighted by molar-refractivity contribution is 5.80. The standard InChI is InChI=1S/C15H21NO5/c1-4-11(9-15(18)19)16-14(17)8-10-5-6-12(20-2)13(7-10)21-3/h5-7,11H,4,8-9H2,1-3H3,(H,16,17)(H,18,19). The van der Waals surface area contributed by atoms with Crippen LogP contribution in [0.5, 0.6) is 11.5 Å². The lowest BCUT2D eigenvalue weighted by molar-refractivity contribution is -0.137. The number of ether oxygens (including phenoxy) is 2. The summed E-state index contributed by atoms with van der Waals surface area (Å²) in [7, 11) is 3.07. The zero-order chi connectivity index (χ0) is 15.8. The molecule has 1 atom stereocenters. The maximum absolute atomic E-state index is 11.9. The number of hydrogen-bond acceptors (Lipinski definition) is 4. The van der Waals surface area contributed by atoms with E-state index >= 15 is 0 Å². The van der Waals surface area contributed by atoms with E-state index in [2.05, 4.69) is 5.32 Å². The maximum atomic E-state index is 11.9. The third kappa shape index (κ3) is 5.33. The third-order valence-electron chi connectivity index (χ3n) is 3.09. The molecule has 116 valence electrons. The van der Waals surface area contributed by atoms with Gasteiger partial charge in [0.05, 0.1) is 27.1 Å². The topological polar surface area (TPSA) is 84.9 Å². The Kier molecular flexibility index (Phi) is 6.52. The van der Waals surface area contributed by atoms with Gasteiger partial charge in [0.25, 0.3) is 0 Å². The zero-order valence-corrected chi connectivity index (χ0v) is 12.5. The number of nitrogens with one attached hydrogen (secondary N) is 1. The van der Waals surface area contributed by atoms with Gasteiger partial charge in [0, 0.05) is 6.04 Å². The molecule has 0 radical (unpaired) electrons. The predicted molar refractivity (Wildman–Crippen MR) is 77.7 cm³/mol. The molecule has 0 bridgehead atoms. The molecule has 2 N–H and O–H groups in total. The van der Waals surface area contributed by atoms with Crippen LogP contribution >= 0.6 is 0 Å². The second kappa shape index (κ2) is 8.14. The molecule has 0 saturated heterocycles. The van der Waals surface area contributed by atoms with Gasteiger partial charge in [-0.2, -0.15) is 0 Å². The van der Waals surface area contributed by atoms with E-state index in [1.54, 1.807) is 25.3 Å². The highest BCUT2D eigenvalue weighted by Gasteiger charge is 2.15. The average Bonchev–Trinajstić information content (AvgIpc) is 2.45. The largest absolute Gasteiger partial charge is 0.493 e. The summed E-state index contributed by atoms with van der Waals surface area (Å²) in [5.74, 6) is 0.0166. The lowest BCUT2D eigenvalue weighted by Crippen LogP contribution is -2.36. The van der Waals surface area contributed by atoms with E-state index in [0.717, 1.165) is 5.56 Å².